The molecular formula is C12H21NO3. The maximum absolute atomic E-state index is 12.0. The highest BCUT2D eigenvalue weighted by Gasteiger charge is 2.48. The number of hydrogen-bond donors (Lipinski definition) is 3. The van der Waals surface area contributed by atoms with E-state index in [0.717, 1.165) is 24.7 Å². The average Bonchev–Trinajstić information content (AvgIpc) is 2.93. The molecule has 92 valence electrons. The van der Waals surface area contributed by atoms with Crippen LogP contribution in [0.5, 0.6) is 0 Å². The fourth-order valence-electron chi connectivity index (χ4n) is 2.73. The van der Waals surface area contributed by atoms with E-state index in [2.05, 4.69) is 5.32 Å². The van der Waals surface area contributed by atoms with Crippen LogP contribution in [0.4, 0.5) is 0 Å². The summed E-state index contributed by atoms with van der Waals surface area (Å²) in [5.41, 5.74) is -0.830. The van der Waals surface area contributed by atoms with Crippen molar-refractivity contribution in [2.24, 2.45) is 17.8 Å². The van der Waals surface area contributed by atoms with Gasteiger partial charge in [-0.05, 0) is 37.5 Å². The van der Waals surface area contributed by atoms with Gasteiger partial charge in [0.05, 0.1) is 18.8 Å². The largest absolute Gasteiger partial charge is 0.394 e. The Hall–Kier alpha value is -0.610. The molecule has 2 unspecified atom stereocenters. The molecule has 0 spiro atoms. The second-order valence-electron chi connectivity index (χ2n) is 5.36. The van der Waals surface area contributed by atoms with Gasteiger partial charge >= 0.3 is 0 Å². The summed E-state index contributed by atoms with van der Waals surface area (Å²) >= 11 is 0. The summed E-state index contributed by atoms with van der Waals surface area (Å²) in [5.74, 6) is 1.66. The Morgan fingerprint density at radius 2 is 1.81 bits per heavy atom. The van der Waals surface area contributed by atoms with Crippen LogP contribution in [0, 0.1) is 17.8 Å². The van der Waals surface area contributed by atoms with Crippen molar-refractivity contribution in [3.8, 4) is 0 Å². The van der Waals surface area contributed by atoms with Gasteiger partial charge in [0.1, 0.15) is 0 Å². The minimum absolute atomic E-state index is 0.0113. The maximum atomic E-state index is 12.0. The molecular weight excluding hydrogens is 206 g/mol. The third-order valence-corrected chi connectivity index (χ3v) is 4.28. The number of aliphatic hydroxyl groups is 2. The highest BCUT2D eigenvalue weighted by molar-refractivity contribution is 5.80. The van der Waals surface area contributed by atoms with Gasteiger partial charge in [-0.2, -0.15) is 0 Å². The van der Waals surface area contributed by atoms with Crippen LogP contribution in [0.3, 0.4) is 0 Å². The van der Waals surface area contributed by atoms with Crippen molar-refractivity contribution in [1.29, 1.82) is 0 Å². The van der Waals surface area contributed by atoms with Crippen molar-refractivity contribution in [3.05, 3.63) is 0 Å². The molecule has 0 aliphatic heterocycles. The maximum Gasteiger partial charge on any atom is 0.223 e. The lowest BCUT2D eigenvalue weighted by atomic mass is 9.95. The molecule has 0 heterocycles. The predicted molar refractivity (Wildman–Crippen MR) is 59.7 cm³/mol. The number of rotatable bonds is 5. The van der Waals surface area contributed by atoms with Gasteiger partial charge in [0, 0.05) is 5.92 Å². The van der Waals surface area contributed by atoms with Crippen LogP contribution in [-0.2, 0) is 4.79 Å². The molecule has 0 saturated heterocycles. The number of carbonyl (C=O) groups is 1. The monoisotopic (exact) mass is 227 g/mol. The van der Waals surface area contributed by atoms with Gasteiger partial charge in [0.2, 0.25) is 5.91 Å². The highest BCUT2D eigenvalue weighted by atomic mass is 16.3. The molecule has 2 aliphatic carbocycles. The Labute approximate surface area is 96.0 Å². The molecule has 0 aromatic heterocycles. The van der Waals surface area contributed by atoms with E-state index in [-0.39, 0.29) is 25.0 Å². The average molecular weight is 227 g/mol. The minimum atomic E-state index is -0.830. The summed E-state index contributed by atoms with van der Waals surface area (Å²) in [6.07, 6.45) is 3.83. The first-order valence-corrected chi connectivity index (χ1v) is 6.18. The summed E-state index contributed by atoms with van der Waals surface area (Å²) in [6, 6.07) is 0. The van der Waals surface area contributed by atoms with Gasteiger partial charge in [-0.25, -0.2) is 0 Å². The molecule has 2 saturated carbocycles. The van der Waals surface area contributed by atoms with Crippen LogP contribution in [-0.4, -0.2) is 34.9 Å². The fourth-order valence-corrected chi connectivity index (χ4v) is 2.73. The van der Waals surface area contributed by atoms with Crippen molar-refractivity contribution in [2.45, 2.75) is 38.1 Å². The summed E-state index contributed by atoms with van der Waals surface area (Å²) in [5, 5.41) is 21.3. The number of amides is 1. The molecule has 2 rings (SSSR count). The second kappa shape index (κ2) is 4.34. The van der Waals surface area contributed by atoms with E-state index < -0.39 is 5.54 Å². The fraction of sp³-hybridized carbons (Fsp3) is 0.917. The van der Waals surface area contributed by atoms with Gasteiger partial charge in [-0.3, -0.25) is 4.79 Å². The molecule has 3 N–H and O–H groups in total. The number of fused-ring (bicyclic) bond motifs is 1. The Balaban J connectivity index is 1.89. The standard InChI is InChI=1S/C12H21NO3/c1-2-12(6-14,7-15)13-11(16)10-4-8-3-9(8)5-10/h8-10,14-15H,2-7H2,1H3,(H,13,16). The van der Waals surface area contributed by atoms with Gasteiger partial charge in [0.25, 0.3) is 0 Å². The molecule has 4 heteroatoms. The molecule has 2 aliphatic rings. The summed E-state index contributed by atoms with van der Waals surface area (Å²) in [4.78, 5) is 12.0. The quantitative estimate of drug-likeness (QED) is 0.632. The SMILES string of the molecule is CCC(CO)(CO)NC(=O)C1CC2CC2C1. The van der Waals surface area contributed by atoms with Crippen LogP contribution in [0.2, 0.25) is 0 Å². The van der Waals surface area contributed by atoms with Crippen molar-refractivity contribution in [2.75, 3.05) is 13.2 Å². The van der Waals surface area contributed by atoms with E-state index >= 15 is 0 Å². The topological polar surface area (TPSA) is 69.6 Å². The molecule has 1 amide bonds. The molecule has 2 fully saturated rings. The van der Waals surface area contributed by atoms with Crippen LogP contribution in [0.15, 0.2) is 0 Å². The number of nitrogens with one attached hydrogen (secondary N) is 1. The second-order valence-corrected chi connectivity index (χ2v) is 5.36. The minimum Gasteiger partial charge on any atom is -0.394 e. The molecule has 0 radical (unpaired) electrons. The molecule has 0 aromatic carbocycles. The number of carbonyl (C=O) groups excluding carboxylic acids is 1. The van der Waals surface area contributed by atoms with Crippen LogP contribution >= 0.6 is 0 Å². The van der Waals surface area contributed by atoms with Crippen molar-refractivity contribution in [3.63, 3.8) is 0 Å². The third-order valence-electron chi connectivity index (χ3n) is 4.28. The van der Waals surface area contributed by atoms with E-state index in [9.17, 15) is 15.0 Å². The van der Waals surface area contributed by atoms with Gasteiger partial charge < -0.3 is 15.5 Å². The zero-order chi connectivity index (χ0) is 11.8. The lowest BCUT2D eigenvalue weighted by Crippen LogP contribution is -2.55. The zero-order valence-corrected chi connectivity index (χ0v) is 9.78. The first-order chi connectivity index (χ1) is 7.64. The first kappa shape index (κ1) is 11.9. The van der Waals surface area contributed by atoms with E-state index in [1.165, 1.54) is 6.42 Å². The Bertz CT molecular complexity index is 257. The highest BCUT2D eigenvalue weighted by Crippen LogP contribution is 2.54. The Kier molecular flexibility index (Phi) is 3.22. The van der Waals surface area contributed by atoms with Gasteiger partial charge in [-0.1, -0.05) is 6.92 Å². The van der Waals surface area contributed by atoms with Crippen molar-refractivity contribution < 1.29 is 15.0 Å². The van der Waals surface area contributed by atoms with Crippen LogP contribution < -0.4 is 5.32 Å². The van der Waals surface area contributed by atoms with E-state index in [1.54, 1.807) is 0 Å². The normalized spacial score (nSPS) is 32.3. The smallest absolute Gasteiger partial charge is 0.223 e. The summed E-state index contributed by atoms with van der Waals surface area (Å²) in [6.45, 7) is 1.45. The molecule has 0 bridgehead atoms. The van der Waals surface area contributed by atoms with Crippen LogP contribution in [0.25, 0.3) is 0 Å². The summed E-state index contributed by atoms with van der Waals surface area (Å²) < 4.78 is 0. The predicted octanol–water partition coefficient (Wildman–Crippen LogP) is 0.282. The lowest BCUT2D eigenvalue weighted by Gasteiger charge is -2.31. The van der Waals surface area contributed by atoms with Crippen molar-refractivity contribution in [1.82, 2.24) is 5.32 Å². The van der Waals surface area contributed by atoms with E-state index in [1.807, 2.05) is 6.92 Å². The molecule has 2 atom stereocenters. The van der Waals surface area contributed by atoms with Crippen molar-refractivity contribution >= 4 is 5.91 Å². The summed E-state index contributed by atoms with van der Waals surface area (Å²) in [7, 11) is 0. The number of aliphatic hydroxyl groups excluding tert-OH is 2. The molecule has 4 nitrogen and oxygen atoms in total. The number of hydrogen-bond acceptors (Lipinski definition) is 3. The van der Waals surface area contributed by atoms with Gasteiger partial charge in [-0.15, -0.1) is 0 Å². The van der Waals surface area contributed by atoms with E-state index in [0.29, 0.717) is 6.42 Å². The first-order valence-electron chi connectivity index (χ1n) is 6.18. The lowest BCUT2D eigenvalue weighted by molar-refractivity contribution is -0.128. The van der Waals surface area contributed by atoms with E-state index in [4.69, 9.17) is 0 Å². The zero-order valence-electron chi connectivity index (χ0n) is 9.78. The Morgan fingerprint density at radius 1 is 1.25 bits per heavy atom. The molecule has 16 heavy (non-hydrogen) atoms. The third kappa shape index (κ3) is 2.09. The van der Waals surface area contributed by atoms with Crippen LogP contribution in [0.1, 0.15) is 32.6 Å². The Morgan fingerprint density at radius 3 is 2.25 bits per heavy atom. The molecule has 0 aromatic rings. The van der Waals surface area contributed by atoms with Gasteiger partial charge in [0.15, 0.2) is 0 Å².